The molecule has 0 unspecified atom stereocenters. The number of rotatable bonds is 5. The zero-order valence-electron chi connectivity index (χ0n) is 10.7. The molecule has 1 aliphatic heterocycles. The van der Waals surface area contributed by atoms with Gasteiger partial charge in [0, 0.05) is 13.7 Å². The molecule has 4 heteroatoms. The quantitative estimate of drug-likeness (QED) is 0.716. The molecule has 0 aromatic heterocycles. The van der Waals surface area contributed by atoms with Crippen molar-refractivity contribution in [2.24, 2.45) is 0 Å². The highest BCUT2D eigenvalue weighted by Crippen LogP contribution is 2.21. The Bertz CT molecular complexity index is 232. The zero-order chi connectivity index (χ0) is 12.1. The highest BCUT2D eigenvalue weighted by Gasteiger charge is 2.32. The topological polar surface area (TPSA) is 38.8 Å². The number of hydrogen-bond donors (Lipinski definition) is 0. The van der Waals surface area contributed by atoms with Gasteiger partial charge in [0.2, 0.25) is 0 Å². The van der Waals surface area contributed by atoms with Gasteiger partial charge in [-0.05, 0) is 33.6 Å². The molecule has 3 atom stereocenters. The molecule has 16 heavy (non-hydrogen) atoms. The van der Waals surface area contributed by atoms with Crippen LogP contribution in [0.25, 0.3) is 0 Å². The molecule has 0 aliphatic carbocycles. The highest BCUT2D eigenvalue weighted by atomic mass is 16.5. The Labute approximate surface area is 97.9 Å². The van der Waals surface area contributed by atoms with Gasteiger partial charge >= 0.3 is 0 Å². The monoisotopic (exact) mass is 229 g/mol. The fourth-order valence-electron chi connectivity index (χ4n) is 2.19. The summed E-state index contributed by atoms with van der Waals surface area (Å²) in [6, 6.07) is 0.113. The van der Waals surface area contributed by atoms with E-state index < -0.39 is 0 Å². The summed E-state index contributed by atoms with van der Waals surface area (Å²) in [6.07, 6.45) is 1.79. The Morgan fingerprint density at radius 3 is 2.69 bits per heavy atom. The maximum atomic E-state index is 12.2. The Kier molecular flexibility index (Phi) is 5.22. The van der Waals surface area contributed by atoms with E-state index in [1.54, 1.807) is 7.11 Å². The summed E-state index contributed by atoms with van der Waals surface area (Å²) in [7, 11) is 1.66. The summed E-state index contributed by atoms with van der Waals surface area (Å²) in [4.78, 5) is 14.0. The lowest BCUT2D eigenvalue weighted by atomic mass is 10.1. The molecule has 1 fully saturated rings. The minimum absolute atomic E-state index is 0.108. The van der Waals surface area contributed by atoms with Gasteiger partial charge in [-0.2, -0.15) is 0 Å². The predicted octanol–water partition coefficient (Wildman–Crippen LogP) is 1.44. The predicted molar refractivity (Wildman–Crippen MR) is 62.3 cm³/mol. The van der Waals surface area contributed by atoms with Crippen LogP contribution >= 0.6 is 0 Å². The van der Waals surface area contributed by atoms with Gasteiger partial charge in [0.15, 0.2) is 0 Å². The van der Waals surface area contributed by atoms with E-state index in [1.165, 1.54) is 0 Å². The van der Waals surface area contributed by atoms with Crippen LogP contribution in [-0.4, -0.2) is 49.3 Å². The van der Waals surface area contributed by atoms with Crippen LogP contribution in [0.15, 0.2) is 0 Å². The lowest BCUT2D eigenvalue weighted by Gasteiger charge is -2.29. The Hall–Kier alpha value is -0.610. The lowest BCUT2D eigenvalue weighted by molar-refractivity contribution is -0.145. The largest absolute Gasteiger partial charge is 0.383 e. The third-order valence-corrected chi connectivity index (χ3v) is 3.07. The molecule has 0 N–H and O–H groups in total. The van der Waals surface area contributed by atoms with Crippen molar-refractivity contribution in [2.45, 2.75) is 51.9 Å². The van der Waals surface area contributed by atoms with Crippen molar-refractivity contribution in [3.8, 4) is 0 Å². The average molecular weight is 229 g/mol. The molecule has 0 bridgehead atoms. The first kappa shape index (κ1) is 13.5. The normalized spacial score (nSPS) is 26.8. The van der Waals surface area contributed by atoms with Crippen molar-refractivity contribution in [1.82, 2.24) is 4.90 Å². The second kappa shape index (κ2) is 6.21. The third kappa shape index (κ3) is 3.19. The molecular formula is C12H23NO3. The van der Waals surface area contributed by atoms with E-state index in [4.69, 9.17) is 9.47 Å². The molecular weight excluding hydrogens is 206 g/mol. The summed E-state index contributed by atoms with van der Waals surface area (Å²) >= 11 is 0. The average Bonchev–Trinajstić information content (AvgIpc) is 2.66. The van der Waals surface area contributed by atoms with Gasteiger partial charge in [-0.25, -0.2) is 0 Å². The Morgan fingerprint density at radius 2 is 2.25 bits per heavy atom. The van der Waals surface area contributed by atoms with Crippen LogP contribution in [0.2, 0.25) is 0 Å². The molecule has 1 heterocycles. The van der Waals surface area contributed by atoms with Crippen molar-refractivity contribution < 1.29 is 14.3 Å². The first-order chi connectivity index (χ1) is 7.60. The minimum atomic E-state index is -0.241. The molecule has 0 aromatic carbocycles. The molecule has 0 saturated carbocycles. The van der Waals surface area contributed by atoms with E-state index in [0.717, 1.165) is 12.8 Å². The van der Waals surface area contributed by atoms with Crippen molar-refractivity contribution in [2.75, 3.05) is 20.3 Å². The molecule has 1 rings (SSSR count). The Morgan fingerprint density at radius 1 is 1.56 bits per heavy atom. The van der Waals surface area contributed by atoms with Crippen molar-refractivity contribution in [3.05, 3.63) is 0 Å². The molecule has 1 saturated heterocycles. The summed E-state index contributed by atoms with van der Waals surface area (Å²) in [5.41, 5.74) is 0. The number of likely N-dealkylation sites (N-methyl/N-ethyl adjacent to an activating group) is 1. The fraction of sp³-hybridized carbons (Fsp3) is 0.917. The van der Waals surface area contributed by atoms with E-state index in [9.17, 15) is 4.79 Å². The van der Waals surface area contributed by atoms with Crippen LogP contribution in [0.4, 0.5) is 0 Å². The number of ether oxygens (including phenoxy) is 2. The number of nitrogens with zero attached hydrogens (tertiary/aromatic N) is 1. The van der Waals surface area contributed by atoms with Gasteiger partial charge in [0.05, 0.1) is 18.8 Å². The minimum Gasteiger partial charge on any atom is -0.383 e. The second-order valence-corrected chi connectivity index (χ2v) is 4.44. The maximum Gasteiger partial charge on any atom is 0.252 e. The Balaban J connectivity index is 2.55. The van der Waals surface area contributed by atoms with Gasteiger partial charge < -0.3 is 14.4 Å². The summed E-state index contributed by atoms with van der Waals surface area (Å²) < 4.78 is 10.7. The van der Waals surface area contributed by atoms with Gasteiger partial charge in [-0.15, -0.1) is 0 Å². The summed E-state index contributed by atoms with van der Waals surface area (Å²) in [5.74, 6) is 0.108. The molecule has 0 spiro atoms. The SMILES string of the molecule is CCN(C(=O)[C@@H]1CC[C@H](C)O1)[C@@H](C)COC. The fourth-order valence-corrected chi connectivity index (χ4v) is 2.19. The number of carbonyl (C=O) groups excluding carboxylic acids is 1. The van der Waals surface area contributed by atoms with Crippen molar-refractivity contribution in [3.63, 3.8) is 0 Å². The maximum absolute atomic E-state index is 12.2. The molecule has 1 amide bonds. The first-order valence-electron chi connectivity index (χ1n) is 6.05. The van der Waals surface area contributed by atoms with Crippen molar-refractivity contribution in [1.29, 1.82) is 0 Å². The van der Waals surface area contributed by atoms with Crippen LogP contribution in [0.5, 0.6) is 0 Å². The molecule has 0 radical (unpaired) electrons. The van der Waals surface area contributed by atoms with Crippen molar-refractivity contribution >= 4 is 5.91 Å². The molecule has 94 valence electrons. The summed E-state index contributed by atoms with van der Waals surface area (Å²) in [6.45, 7) is 7.29. The van der Waals surface area contributed by atoms with E-state index in [-0.39, 0.29) is 24.2 Å². The van der Waals surface area contributed by atoms with Gasteiger partial charge in [0.25, 0.3) is 5.91 Å². The third-order valence-electron chi connectivity index (χ3n) is 3.07. The zero-order valence-corrected chi connectivity index (χ0v) is 10.7. The number of amides is 1. The van der Waals surface area contributed by atoms with Crippen LogP contribution < -0.4 is 0 Å². The molecule has 4 nitrogen and oxygen atoms in total. The van der Waals surface area contributed by atoms with Gasteiger partial charge in [0.1, 0.15) is 6.10 Å². The van der Waals surface area contributed by atoms with E-state index in [2.05, 4.69) is 0 Å². The van der Waals surface area contributed by atoms with Crippen LogP contribution in [0, 0.1) is 0 Å². The lowest BCUT2D eigenvalue weighted by Crippen LogP contribution is -2.46. The number of hydrogen-bond acceptors (Lipinski definition) is 3. The number of methoxy groups -OCH3 is 1. The standard InChI is InChI=1S/C12H23NO3/c1-5-13(9(2)8-15-4)12(14)11-7-6-10(3)16-11/h9-11H,5-8H2,1-4H3/t9-,10-,11-/m0/s1. The van der Waals surface area contributed by atoms with Crippen LogP contribution in [-0.2, 0) is 14.3 Å². The smallest absolute Gasteiger partial charge is 0.252 e. The molecule has 0 aromatic rings. The van der Waals surface area contributed by atoms with Crippen LogP contribution in [0.3, 0.4) is 0 Å². The number of carbonyl (C=O) groups is 1. The van der Waals surface area contributed by atoms with E-state index >= 15 is 0 Å². The van der Waals surface area contributed by atoms with E-state index in [0.29, 0.717) is 13.2 Å². The summed E-state index contributed by atoms with van der Waals surface area (Å²) in [5, 5.41) is 0. The first-order valence-corrected chi connectivity index (χ1v) is 6.05. The van der Waals surface area contributed by atoms with Crippen LogP contribution in [0.1, 0.15) is 33.6 Å². The second-order valence-electron chi connectivity index (χ2n) is 4.44. The highest BCUT2D eigenvalue weighted by molar-refractivity contribution is 5.81. The van der Waals surface area contributed by atoms with Gasteiger partial charge in [-0.3, -0.25) is 4.79 Å². The van der Waals surface area contributed by atoms with E-state index in [1.807, 2.05) is 25.7 Å². The van der Waals surface area contributed by atoms with Gasteiger partial charge in [-0.1, -0.05) is 0 Å². The molecule has 1 aliphatic rings.